The van der Waals surface area contributed by atoms with Crippen LogP contribution < -0.4 is 5.32 Å². The van der Waals surface area contributed by atoms with E-state index in [0.717, 1.165) is 24.5 Å². The number of nitrogens with zero attached hydrogens (tertiary/aromatic N) is 5. The zero-order chi connectivity index (χ0) is 24.5. The third-order valence-electron chi connectivity index (χ3n) is 4.51. The first-order chi connectivity index (χ1) is 16.0. The maximum Gasteiger partial charge on any atom is 0.433 e. The van der Waals surface area contributed by atoms with E-state index in [0.29, 0.717) is 16.3 Å². The Morgan fingerprint density at radius 1 is 0.882 bits per heavy atom. The Kier molecular flexibility index (Phi) is 5.77. The van der Waals surface area contributed by atoms with Crippen LogP contribution in [0.2, 0.25) is 0 Å². The summed E-state index contributed by atoms with van der Waals surface area (Å²) in [4.78, 5) is 23.2. The fourth-order valence-corrected chi connectivity index (χ4v) is 2.90. The molecule has 0 unspecified atom stereocenters. The Bertz CT molecular complexity index is 1300. The van der Waals surface area contributed by atoms with Crippen LogP contribution in [0.1, 0.15) is 21.7 Å². The van der Waals surface area contributed by atoms with Crippen molar-refractivity contribution in [3.8, 4) is 16.9 Å². The van der Waals surface area contributed by atoms with E-state index in [4.69, 9.17) is 0 Å². The minimum absolute atomic E-state index is 0.0309. The summed E-state index contributed by atoms with van der Waals surface area (Å²) >= 11 is 0. The minimum Gasteiger partial charge on any atom is -0.307 e. The molecule has 34 heavy (non-hydrogen) atoms. The van der Waals surface area contributed by atoms with E-state index in [1.807, 2.05) is 0 Å². The van der Waals surface area contributed by atoms with Gasteiger partial charge in [0.1, 0.15) is 17.2 Å². The van der Waals surface area contributed by atoms with E-state index < -0.39 is 29.6 Å². The van der Waals surface area contributed by atoms with Gasteiger partial charge >= 0.3 is 12.4 Å². The van der Waals surface area contributed by atoms with Crippen molar-refractivity contribution in [1.82, 2.24) is 24.7 Å². The van der Waals surface area contributed by atoms with Crippen molar-refractivity contribution in [2.45, 2.75) is 12.4 Å². The van der Waals surface area contributed by atoms with E-state index in [2.05, 4.69) is 25.4 Å². The van der Waals surface area contributed by atoms with E-state index in [1.54, 1.807) is 12.1 Å². The van der Waals surface area contributed by atoms with Gasteiger partial charge in [0.25, 0.3) is 5.91 Å². The second-order valence-electron chi connectivity index (χ2n) is 6.85. The maximum absolute atomic E-state index is 13.6. The Labute approximate surface area is 187 Å². The summed E-state index contributed by atoms with van der Waals surface area (Å²) in [6, 6.07) is 8.09. The van der Waals surface area contributed by atoms with Gasteiger partial charge in [0.15, 0.2) is 0 Å². The molecule has 1 amide bonds. The molecule has 0 saturated carbocycles. The average molecular weight is 478 g/mol. The van der Waals surface area contributed by atoms with Gasteiger partial charge in [0, 0.05) is 24.2 Å². The number of alkyl halides is 6. The summed E-state index contributed by atoms with van der Waals surface area (Å²) in [5, 5.41) is 6.35. The quantitative estimate of drug-likeness (QED) is 0.417. The van der Waals surface area contributed by atoms with Crippen LogP contribution in [0.4, 0.5) is 32.2 Å². The lowest BCUT2D eigenvalue weighted by molar-refractivity contribution is -0.143. The lowest BCUT2D eigenvalue weighted by atomic mass is 10.2. The lowest BCUT2D eigenvalue weighted by Gasteiger charge is -2.11. The molecule has 0 saturated heterocycles. The monoisotopic (exact) mass is 478 g/mol. The Morgan fingerprint density at radius 3 is 2.24 bits per heavy atom. The molecule has 4 aromatic rings. The molecule has 13 heteroatoms. The first-order valence-corrected chi connectivity index (χ1v) is 9.41. The molecule has 0 aliphatic carbocycles. The molecule has 4 aromatic heterocycles. The van der Waals surface area contributed by atoms with Crippen LogP contribution in [0.25, 0.3) is 16.9 Å². The Hall–Kier alpha value is -4.29. The van der Waals surface area contributed by atoms with Gasteiger partial charge in [-0.3, -0.25) is 14.8 Å². The van der Waals surface area contributed by atoms with Crippen LogP contribution in [0.5, 0.6) is 0 Å². The van der Waals surface area contributed by atoms with Gasteiger partial charge in [-0.15, -0.1) is 0 Å². The standard InChI is InChI=1S/C21H12F6N6O/c22-20(23,24)16-5-3-13(10-29-16)19(34)31-18-6-4-14(11-30-18)33-17(21(25,26)27)8-15(32-33)12-2-1-7-28-9-12/h1-11H,(H,30,31,34). The molecule has 1 N–H and O–H groups in total. The largest absolute Gasteiger partial charge is 0.433 e. The molecule has 0 aromatic carbocycles. The minimum atomic E-state index is -4.71. The van der Waals surface area contributed by atoms with Crippen LogP contribution in [-0.2, 0) is 12.4 Å². The first kappa shape index (κ1) is 22.9. The normalized spacial score (nSPS) is 11.9. The fourth-order valence-electron chi connectivity index (χ4n) is 2.90. The van der Waals surface area contributed by atoms with Crippen LogP contribution >= 0.6 is 0 Å². The zero-order valence-electron chi connectivity index (χ0n) is 16.8. The van der Waals surface area contributed by atoms with Gasteiger partial charge in [-0.05, 0) is 42.5 Å². The van der Waals surface area contributed by atoms with Crippen molar-refractivity contribution in [2.75, 3.05) is 5.32 Å². The number of amides is 1. The number of halogens is 6. The zero-order valence-corrected chi connectivity index (χ0v) is 16.8. The maximum atomic E-state index is 13.6. The molecule has 0 aliphatic heterocycles. The lowest BCUT2D eigenvalue weighted by Crippen LogP contribution is -2.16. The van der Waals surface area contributed by atoms with Gasteiger partial charge in [-0.25, -0.2) is 9.67 Å². The van der Waals surface area contributed by atoms with Crippen LogP contribution in [0.15, 0.2) is 67.3 Å². The highest BCUT2D eigenvalue weighted by Crippen LogP contribution is 2.34. The van der Waals surface area contributed by atoms with Crippen molar-refractivity contribution in [1.29, 1.82) is 0 Å². The second kappa shape index (κ2) is 8.57. The molecule has 0 bridgehead atoms. The van der Waals surface area contributed by atoms with E-state index in [9.17, 15) is 31.1 Å². The van der Waals surface area contributed by atoms with Crippen molar-refractivity contribution in [2.24, 2.45) is 0 Å². The Morgan fingerprint density at radius 2 is 1.68 bits per heavy atom. The molecular weight excluding hydrogens is 466 g/mol. The topological polar surface area (TPSA) is 85.6 Å². The number of carbonyl (C=O) groups is 1. The highest BCUT2D eigenvalue weighted by atomic mass is 19.4. The third-order valence-corrected chi connectivity index (χ3v) is 4.51. The molecule has 4 heterocycles. The number of rotatable bonds is 4. The highest BCUT2D eigenvalue weighted by molar-refractivity contribution is 6.03. The number of hydrogen-bond donors (Lipinski definition) is 1. The molecular formula is C21H12F6N6O. The summed E-state index contributed by atoms with van der Waals surface area (Å²) in [6.45, 7) is 0. The SMILES string of the molecule is O=C(Nc1ccc(-n2nc(-c3cccnc3)cc2C(F)(F)F)cn1)c1ccc(C(F)(F)F)nc1. The summed E-state index contributed by atoms with van der Waals surface area (Å²) in [5.41, 5.74) is -1.96. The number of pyridine rings is 3. The number of anilines is 1. The highest BCUT2D eigenvalue weighted by Gasteiger charge is 2.36. The number of hydrogen-bond acceptors (Lipinski definition) is 5. The van der Waals surface area contributed by atoms with Crippen LogP contribution in [0.3, 0.4) is 0 Å². The first-order valence-electron chi connectivity index (χ1n) is 9.41. The molecule has 0 fully saturated rings. The predicted molar refractivity (Wildman–Crippen MR) is 107 cm³/mol. The van der Waals surface area contributed by atoms with Crippen molar-refractivity contribution in [3.05, 3.63) is 84.2 Å². The van der Waals surface area contributed by atoms with E-state index >= 15 is 0 Å². The van der Waals surface area contributed by atoms with Gasteiger partial charge < -0.3 is 5.32 Å². The molecule has 174 valence electrons. The molecule has 7 nitrogen and oxygen atoms in total. The molecule has 0 aliphatic rings. The van der Waals surface area contributed by atoms with Crippen molar-refractivity contribution >= 4 is 11.7 Å². The van der Waals surface area contributed by atoms with Gasteiger partial charge in [-0.1, -0.05) is 0 Å². The van der Waals surface area contributed by atoms with Gasteiger partial charge in [0.2, 0.25) is 0 Å². The average Bonchev–Trinajstić information content (AvgIpc) is 3.26. The summed E-state index contributed by atoms with van der Waals surface area (Å²) in [7, 11) is 0. The molecule has 0 radical (unpaired) electrons. The number of carbonyl (C=O) groups excluding carboxylic acids is 1. The van der Waals surface area contributed by atoms with E-state index in [1.165, 1.54) is 24.5 Å². The second-order valence-corrected chi connectivity index (χ2v) is 6.85. The molecule has 0 atom stereocenters. The molecule has 0 spiro atoms. The van der Waals surface area contributed by atoms with Gasteiger partial charge in [0.05, 0.1) is 23.1 Å². The summed E-state index contributed by atoms with van der Waals surface area (Å²) in [5.74, 6) is -0.836. The summed E-state index contributed by atoms with van der Waals surface area (Å²) < 4.78 is 79.2. The third kappa shape index (κ3) is 4.87. The fraction of sp³-hybridized carbons (Fsp3) is 0.0952. The van der Waals surface area contributed by atoms with Crippen LogP contribution in [-0.4, -0.2) is 30.6 Å². The van der Waals surface area contributed by atoms with Crippen molar-refractivity contribution in [3.63, 3.8) is 0 Å². The summed E-state index contributed by atoms with van der Waals surface area (Å²) in [6.07, 6.45) is -4.69. The predicted octanol–water partition coefficient (Wildman–Crippen LogP) is 5.01. The van der Waals surface area contributed by atoms with Crippen molar-refractivity contribution < 1.29 is 31.1 Å². The smallest absolute Gasteiger partial charge is 0.307 e. The number of aromatic nitrogens is 5. The Balaban J connectivity index is 1.57. The van der Waals surface area contributed by atoms with E-state index in [-0.39, 0.29) is 22.8 Å². The number of nitrogens with one attached hydrogen (secondary N) is 1. The molecule has 4 rings (SSSR count). The van der Waals surface area contributed by atoms with Gasteiger partial charge in [-0.2, -0.15) is 31.4 Å². The van der Waals surface area contributed by atoms with Crippen LogP contribution in [0, 0.1) is 0 Å².